The Hall–Kier alpha value is -1.49. The van der Waals surface area contributed by atoms with E-state index in [0.29, 0.717) is 12.8 Å². The highest BCUT2D eigenvalue weighted by molar-refractivity contribution is 5.79. The molecule has 1 fully saturated rings. The summed E-state index contributed by atoms with van der Waals surface area (Å²) in [5.41, 5.74) is 5.19. The summed E-state index contributed by atoms with van der Waals surface area (Å²) in [7, 11) is 0. The number of nitrogens with one attached hydrogen (secondary N) is 1. The van der Waals surface area contributed by atoms with Crippen LogP contribution < -0.4 is 11.1 Å². The summed E-state index contributed by atoms with van der Waals surface area (Å²) in [5.74, 6) is -1.56. The third-order valence-corrected chi connectivity index (χ3v) is 4.86. The highest BCUT2D eigenvalue weighted by atomic mass is 19.1. The van der Waals surface area contributed by atoms with E-state index in [1.54, 1.807) is 13.8 Å². The molecule has 3 nitrogen and oxygen atoms in total. The van der Waals surface area contributed by atoms with Crippen molar-refractivity contribution in [3.8, 4) is 0 Å². The van der Waals surface area contributed by atoms with Gasteiger partial charge in [-0.05, 0) is 31.9 Å². The van der Waals surface area contributed by atoms with Crippen LogP contribution >= 0.6 is 0 Å². The van der Waals surface area contributed by atoms with Gasteiger partial charge in [0, 0.05) is 29.5 Å². The predicted molar refractivity (Wildman–Crippen MR) is 82.3 cm³/mol. The van der Waals surface area contributed by atoms with Gasteiger partial charge in [0.25, 0.3) is 0 Å². The van der Waals surface area contributed by atoms with E-state index in [0.717, 1.165) is 12.8 Å². The smallest absolute Gasteiger partial charge is 0.224 e. The maximum absolute atomic E-state index is 14.2. The van der Waals surface area contributed by atoms with Crippen molar-refractivity contribution >= 4 is 5.91 Å². The van der Waals surface area contributed by atoms with E-state index in [9.17, 15) is 13.6 Å². The summed E-state index contributed by atoms with van der Waals surface area (Å²) in [6.45, 7) is 3.78. The van der Waals surface area contributed by atoms with Gasteiger partial charge < -0.3 is 11.1 Å². The molecule has 3 N–H and O–H groups in total. The average Bonchev–Trinajstić information content (AvgIpc) is 2.93. The van der Waals surface area contributed by atoms with Gasteiger partial charge in [-0.2, -0.15) is 0 Å². The monoisotopic (exact) mass is 310 g/mol. The Bertz CT molecular complexity index is 519. The molecule has 1 aliphatic carbocycles. The second kappa shape index (κ2) is 6.73. The first-order valence-corrected chi connectivity index (χ1v) is 7.85. The van der Waals surface area contributed by atoms with E-state index in [2.05, 4.69) is 5.32 Å². The van der Waals surface area contributed by atoms with Crippen LogP contribution in [0.2, 0.25) is 0 Å². The number of amides is 1. The van der Waals surface area contributed by atoms with Gasteiger partial charge in [0.1, 0.15) is 11.6 Å². The van der Waals surface area contributed by atoms with Crippen molar-refractivity contribution in [1.29, 1.82) is 0 Å². The molecule has 0 aliphatic heterocycles. The normalized spacial score (nSPS) is 19.7. The van der Waals surface area contributed by atoms with Crippen molar-refractivity contribution in [3.05, 3.63) is 35.4 Å². The Morgan fingerprint density at radius 2 is 1.82 bits per heavy atom. The lowest BCUT2D eigenvalue weighted by molar-refractivity contribution is -0.125. The van der Waals surface area contributed by atoms with Crippen LogP contribution in [0.15, 0.2) is 18.2 Å². The Labute approximate surface area is 130 Å². The van der Waals surface area contributed by atoms with Crippen LogP contribution in [-0.4, -0.2) is 18.5 Å². The fraction of sp³-hybridized carbons (Fsp3) is 0.588. The molecule has 1 saturated carbocycles. The average molecular weight is 310 g/mol. The Morgan fingerprint density at radius 3 is 2.32 bits per heavy atom. The number of hydrogen-bond donors (Lipinski definition) is 2. The molecule has 2 atom stereocenters. The van der Waals surface area contributed by atoms with Crippen LogP contribution in [0.25, 0.3) is 0 Å². The van der Waals surface area contributed by atoms with Gasteiger partial charge in [-0.3, -0.25) is 4.79 Å². The molecular formula is C17H24F2N2O. The fourth-order valence-corrected chi connectivity index (χ4v) is 3.23. The molecule has 0 spiro atoms. The molecule has 2 rings (SSSR count). The Balaban J connectivity index is 2.21. The quantitative estimate of drug-likeness (QED) is 0.878. The zero-order chi connectivity index (χ0) is 16.3. The number of nitrogens with two attached hydrogens (primary N) is 1. The summed E-state index contributed by atoms with van der Waals surface area (Å²) in [5, 5.41) is 2.85. The minimum Gasteiger partial charge on any atom is -0.355 e. The molecule has 0 saturated heterocycles. The lowest BCUT2D eigenvalue weighted by Gasteiger charge is -2.31. The number of hydrogen-bond acceptors (Lipinski definition) is 2. The lowest BCUT2D eigenvalue weighted by atomic mass is 9.78. The lowest BCUT2D eigenvalue weighted by Crippen LogP contribution is -2.45. The highest BCUT2D eigenvalue weighted by Gasteiger charge is 2.40. The van der Waals surface area contributed by atoms with E-state index in [1.165, 1.54) is 18.2 Å². The van der Waals surface area contributed by atoms with E-state index >= 15 is 0 Å². The molecule has 0 heterocycles. The van der Waals surface area contributed by atoms with Gasteiger partial charge in [-0.25, -0.2) is 8.78 Å². The first-order valence-electron chi connectivity index (χ1n) is 7.85. The molecule has 1 aromatic carbocycles. The summed E-state index contributed by atoms with van der Waals surface area (Å²) < 4.78 is 28.4. The van der Waals surface area contributed by atoms with Gasteiger partial charge in [-0.1, -0.05) is 25.8 Å². The van der Waals surface area contributed by atoms with Crippen LogP contribution in [0, 0.1) is 17.6 Å². The molecule has 5 heteroatoms. The molecular weight excluding hydrogens is 286 g/mol. The van der Waals surface area contributed by atoms with Crippen LogP contribution in [0.5, 0.6) is 0 Å². The summed E-state index contributed by atoms with van der Waals surface area (Å²) in [6, 6.07) is 3.67. The molecule has 1 amide bonds. The number of rotatable bonds is 5. The highest BCUT2D eigenvalue weighted by Crippen LogP contribution is 2.42. The topological polar surface area (TPSA) is 55.1 Å². The van der Waals surface area contributed by atoms with E-state index < -0.39 is 17.0 Å². The molecule has 0 radical (unpaired) electrons. The van der Waals surface area contributed by atoms with Crippen molar-refractivity contribution in [2.75, 3.05) is 6.54 Å². The van der Waals surface area contributed by atoms with E-state index in [1.807, 2.05) is 0 Å². The van der Waals surface area contributed by atoms with Crippen LogP contribution in [0.3, 0.4) is 0 Å². The number of carbonyl (C=O) groups excluding carboxylic acids is 1. The molecule has 1 aliphatic rings. The van der Waals surface area contributed by atoms with E-state index in [4.69, 9.17) is 5.73 Å². The molecule has 0 aromatic heterocycles. The van der Waals surface area contributed by atoms with Crippen LogP contribution in [-0.2, 0) is 10.2 Å². The molecule has 22 heavy (non-hydrogen) atoms. The predicted octanol–water partition coefficient (Wildman–Crippen LogP) is 2.88. The van der Waals surface area contributed by atoms with Crippen molar-refractivity contribution in [2.45, 2.75) is 51.0 Å². The van der Waals surface area contributed by atoms with Crippen molar-refractivity contribution < 1.29 is 13.6 Å². The van der Waals surface area contributed by atoms with Crippen LogP contribution in [0.1, 0.15) is 45.1 Å². The summed E-state index contributed by atoms with van der Waals surface area (Å²) >= 11 is 0. The van der Waals surface area contributed by atoms with Crippen molar-refractivity contribution in [3.63, 3.8) is 0 Å². The first-order chi connectivity index (χ1) is 10.4. The van der Waals surface area contributed by atoms with Gasteiger partial charge in [0.2, 0.25) is 5.91 Å². The van der Waals surface area contributed by atoms with Gasteiger partial charge in [0.05, 0.1) is 0 Å². The standard InChI is InChI=1S/C17H24F2N2O/c1-11(12(2)20)16(22)21-10-17(8-3-4-9-17)15-13(18)6-5-7-14(15)19/h5-7,11-12H,3-4,8-10,20H2,1-2H3,(H,21,22). The van der Waals surface area contributed by atoms with Gasteiger partial charge in [0.15, 0.2) is 0 Å². The van der Waals surface area contributed by atoms with Gasteiger partial charge in [-0.15, -0.1) is 0 Å². The second-order valence-electron chi connectivity index (χ2n) is 6.45. The number of benzene rings is 1. The minimum atomic E-state index is -0.650. The second-order valence-corrected chi connectivity index (χ2v) is 6.45. The summed E-state index contributed by atoms with van der Waals surface area (Å²) in [6.07, 6.45) is 3.17. The zero-order valence-corrected chi connectivity index (χ0v) is 13.2. The third kappa shape index (κ3) is 3.29. The molecule has 1 aromatic rings. The van der Waals surface area contributed by atoms with Crippen molar-refractivity contribution in [1.82, 2.24) is 5.32 Å². The maximum atomic E-state index is 14.2. The number of halogens is 2. The Kier molecular flexibility index (Phi) is 5.16. The van der Waals surface area contributed by atoms with E-state index in [-0.39, 0.29) is 30.0 Å². The van der Waals surface area contributed by atoms with Crippen LogP contribution in [0.4, 0.5) is 8.78 Å². The Morgan fingerprint density at radius 1 is 1.27 bits per heavy atom. The largest absolute Gasteiger partial charge is 0.355 e. The third-order valence-electron chi connectivity index (χ3n) is 4.86. The van der Waals surface area contributed by atoms with Gasteiger partial charge >= 0.3 is 0 Å². The first kappa shape index (κ1) is 16.9. The zero-order valence-electron chi connectivity index (χ0n) is 13.2. The minimum absolute atomic E-state index is 0.112. The SMILES string of the molecule is CC(N)C(C)C(=O)NCC1(c2c(F)cccc2F)CCCC1. The number of carbonyl (C=O) groups is 1. The summed E-state index contributed by atoms with van der Waals surface area (Å²) in [4.78, 5) is 12.1. The fourth-order valence-electron chi connectivity index (χ4n) is 3.23. The molecule has 2 unspecified atom stereocenters. The molecule has 122 valence electrons. The molecule has 0 bridgehead atoms. The van der Waals surface area contributed by atoms with Crippen molar-refractivity contribution in [2.24, 2.45) is 11.7 Å². The maximum Gasteiger partial charge on any atom is 0.224 e.